The fourth-order valence-corrected chi connectivity index (χ4v) is 4.53. The van der Waals surface area contributed by atoms with Gasteiger partial charge in [0.05, 0.1) is 12.6 Å². The van der Waals surface area contributed by atoms with Crippen LogP contribution in [-0.4, -0.2) is 56.7 Å². The number of furan rings is 1. The van der Waals surface area contributed by atoms with Gasteiger partial charge in [-0.15, -0.1) is 0 Å². The minimum Gasteiger partial charge on any atom is -0.467 e. The summed E-state index contributed by atoms with van der Waals surface area (Å²) in [5, 5.41) is 3.07. The molecule has 9 heteroatoms. The Labute approximate surface area is 197 Å². The maximum absolute atomic E-state index is 13.0. The number of carbonyl (C=O) groups is 1. The lowest BCUT2D eigenvalue weighted by Gasteiger charge is -2.28. The average Bonchev–Trinajstić information content (AvgIpc) is 3.63. The van der Waals surface area contributed by atoms with Crippen molar-refractivity contribution < 1.29 is 14.0 Å². The van der Waals surface area contributed by atoms with E-state index in [1.807, 2.05) is 44.7 Å². The van der Waals surface area contributed by atoms with Crippen molar-refractivity contribution in [1.29, 1.82) is 0 Å². The summed E-state index contributed by atoms with van der Waals surface area (Å²) in [5.41, 5.74) is 2.47. The van der Waals surface area contributed by atoms with Gasteiger partial charge in [0.1, 0.15) is 24.2 Å². The largest absolute Gasteiger partial charge is 0.467 e. The van der Waals surface area contributed by atoms with Crippen LogP contribution in [0.2, 0.25) is 0 Å². The van der Waals surface area contributed by atoms with E-state index in [1.54, 1.807) is 24.9 Å². The molecule has 1 amide bonds. The van der Waals surface area contributed by atoms with Gasteiger partial charge >= 0.3 is 0 Å². The minimum absolute atomic E-state index is 0.00325. The number of fused-ring (bicyclic) bond motifs is 1. The average molecular weight is 459 g/mol. The molecular weight excluding hydrogens is 432 g/mol. The number of benzene rings is 1. The molecule has 1 N–H and O–H groups in total. The normalized spacial score (nSPS) is 18.6. The number of amides is 1. The molecule has 2 aromatic heterocycles. The molecule has 34 heavy (non-hydrogen) atoms. The number of amidine groups is 1. The molecule has 1 atom stereocenters. The maximum atomic E-state index is 13.0. The zero-order valence-corrected chi connectivity index (χ0v) is 18.8. The molecule has 9 nitrogen and oxygen atoms in total. The van der Waals surface area contributed by atoms with E-state index in [-0.39, 0.29) is 12.5 Å². The number of nitrogens with one attached hydrogen (secondary N) is 1. The molecule has 4 heterocycles. The van der Waals surface area contributed by atoms with Crippen LogP contribution in [-0.2, 0) is 29.1 Å². The molecule has 0 bridgehead atoms. The molecule has 3 aromatic rings. The predicted octanol–water partition coefficient (Wildman–Crippen LogP) is 2.17. The maximum Gasteiger partial charge on any atom is 0.244 e. The van der Waals surface area contributed by atoms with Gasteiger partial charge in [-0.2, -0.15) is 0 Å². The summed E-state index contributed by atoms with van der Waals surface area (Å²) >= 11 is 0. The highest BCUT2D eigenvalue weighted by Gasteiger charge is 2.37. The summed E-state index contributed by atoms with van der Waals surface area (Å²) in [5.74, 6) is 3.41. The Morgan fingerprint density at radius 2 is 2.09 bits per heavy atom. The van der Waals surface area contributed by atoms with E-state index < -0.39 is 6.04 Å². The minimum atomic E-state index is -0.413. The topological polar surface area (TPSA) is 96.0 Å². The Hall–Kier alpha value is -4.10. The van der Waals surface area contributed by atoms with Gasteiger partial charge < -0.3 is 24.1 Å². The van der Waals surface area contributed by atoms with Crippen LogP contribution in [0.5, 0.6) is 0 Å². The number of nitrogens with zero attached hydrogens (tertiary/aromatic N) is 5. The van der Waals surface area contributed by atoms with E-state index in [0.717, 1.165) is 19.4 Å². The van der Waals surface area contributed by atoms with Crippen molar-refractivity contribution in [2.75, 3.05) is 19.6 Å². The second-order valence-corrected chi connectivity index (χ2v) is 8.38. The molecule has 0 aliphatic carbocycles. The lowest BCUT2D eigenvalue weighted by Crippen LogP contribution is -2.37. The van der Waals surface area contributed by atoms with Crippen LogP contribution in [0, 0.1) is 0 Å². The quantitative estimate of drug-likeness (QED) is 0.545. The molecular formula is C25H26N6O3. The highest BCUT2D eigenvalue weighted by molar-refractivity contribution is 5.95. The van der Waals surface area contributed by atoms with Crippen LogP contribution < -0.4 is 5.32 Å². The van der Waals surface area contributed by atoms with Crippen LogP contribution in [0.1, 0.15) is 29.3 Å². The molecule has 2 aliphatic heterocycles. The number of aliphatic imine (C=N–C) groups is 1. The summed E-state index contributed by atoms with van der Waals surface area (Å²) in [6.45, 7) is 2.60. The van der Waals surface area contributed by atoms with Crippen molar-refractivity contribution in [3.05, 3.63) is 84.1 Å². The number of carbonyl (C=O) groups excluding carboxylic acids is 2. The van der Waals surface area contributed by atoms with Crippen molar-refractivity contribution in [2.45, 2.75) is 32.0 Å². The third-order valence-electron chi connectivity index (χ3n) is 6.26. The van der Waals surface area contributed by atoms with Gasteiger partial charge in [0.15, 0.2) is 11.8 Å². The second-order valence-electron chi connectivity index (χ2n) is 8.38. The third-order valence-corrected chi connectivity index (χ3v) is 6.26. The van der Waals surface area contributed by atoms with Crippen LogP contribution >= 0.6 is 0 Å². The van der Waals surface area contributed by atoms with E-state index in [4.69, 9.17) is 4.42 Å². The first-order valence-corrected chi connectivity index (χ1v) is 11.4. The van der Waals surface area contributed by atoms with Gasteiger partial charge in [-0.1, -0.05) is 24.3 Å². The smallest absolute Gasteiger partial charge is 0.244 e. The summed E-state index contributed by atoms with van der Waals surface area (Å²) < 4.78 is 7.66. The van der Waals surface area contributed by atoms with E-state index in [2.05, 4.69) is 27.4 Å². The van der Waals surface area contributed by atoms with Crippen LogP contribution in [0.25, 0.3) is 0 Å². The number of aryl methyl sites for hydroxylation is 1. The molecule has 174 valence electrons. The second kappa shape index (κ2) is 9.80. The van der Waals surface area contributed by atoms with Gasteiger partial charge in [-0.3, -0.25) is 9.79 Å². The zero-order valence-electron chi connectivity index (χ0n) is 18.8. The Morgan fingerprint density at radius 3 is 2.85 bits per heavy atom. The highest BCUT2D eigenvalue weighted by atomic mass is 16.3. The monoisotopic (exact) mass is 458 g/mol. The van der Waals surface area contributed by atoms with Gasteiger partial charge in [0.25, 0.3) is 0 Å². The van der Waals surface area contributed by atoms with E-state index in [1.165, 1.54) is 11.1 Å². The van der Waals surface area contributed by atoms with E-state index >= 15 is 0 Å². The fourth-order valence-electron chi connectivity index (χ4n) is 4.53. The fraction of sp³-hybridized carbons (Fsp3) is 0.320. The molecule has 1 fully saturated rings. The zero-order chi connectivity index (χ0) is 23.3. The number of hydrogen-bond donors (Lipinski definition) is 1. The van der Waals surface area contributed by atoms with Gasteiger partial charge in [-0.05, 0) is 36.1 Å². The Kier molecular flexibility index (Phi) is 6.27. The number of aromatic nitrogens is 2. The first-order chi connectivity index (χ1) is 16.7. The first-order valence-electron chi connectivity index (χ1n) is 11.4. The molecule has 2 aliphatic rings. The van der Waals surface area contributed by atoms with E-state index in [9.17, 15) is 9.59 Å². The van der Waals surface area contributed by atoms with Gasteiger partial charge in [-0.25, -0.2) is 9.78 Å². The van der Waals surface area contributed by atoms with Crippen molar-refractivity contribution in [2.24, 2.45) is 4.99 Å². The summed E-state index contributed by atoms with van der Waals surface area (Å²) in [6.07, 6.45) is 8.62. The molecule has 1 unspecified atom stereocenters. The molecule has 5 rings (SSSR count). The Morgan fingerprint density at radius 1 is 1.21 bits per heavy atom. The molecule has 0 radical (unpaired) electrons. The first kappa shape index (κ1) is 21.7. The summed E-state index contributed by atoms with van der Waals surface area (Å²) in [4.78, 5) is 37.1. The number of imidazole rings is 1. The molecule has 1 aromatic carbocycles. The molecule has 0 spiro atoms. The van der Waals surface area contributed by atoms with Gasteiger partial charge in [0.2, 0.25) is 5.91 Å². The van der Waals surface area contributed by atoms with Crippen LogP contribution in [0.3, 0.4) is 0 Å². The van der Waals surface area contributed by atoms with E-state index in [0.29, 0.717) is 37.1 Å². The van der Waals surface area contributed by atoms with Crippen molar-refractivity contribution in [1.82, 2.24) is 24.7 Å². The van der Waals surface area contributed by atoms with Crippen molar-refractivity contribution in [3.63, 3.8) is 0 Å². The SMILES string of the molecule is O=C=C1NC(=NCC(=O)N2CCc3ccccc3C2)C(c2ccco2)N1CCCn1ccnc1. The van der Waals surface area contributed by atoms with Crippen molar-refractivity contribution in [3.8, 4) is 0 Å². The lowest BCUT2D eigenvalue weighted by molar-refractivity contribution is -0.130. The molecule has 0 saturated carbocycles. The van der Waals surface area contributed by atoms with Gasteiger partial charge in [0, 0.05) is 38.6 Å². The third kappa shape index (κ3) is 4.51. The standard InChI is InChI=1S/C25H26N6O3/c32-17-22-28-25(27-15-23(33)30-12-8-19-5-1-2-6-20(19)16-30)24(21-7-3-14-34-21)31(22)11-4-10-29-13-9-26-18-29/h1-3,5-7,9,13-14,18,24H,4,8,10-12,15-16H2,(H,27,28). The van der Waals surface area contributed by atoms with Crippen LogP contribution in [0.4, 0.5) is 0 Å². The number of rotatable bonds is 7. The Bertz CT molecular complexity index is 1210. The number of hydrogen-bond acceptors (Lipinski definition) is 6. The highest BCUT2D eigenvalue weighted by Crippen LogP contribution is 2.30. The summed E-state index contributed by atoms with van der Waals surface area (Å²) in [6, 6.07) is 11.4. The van der Waals surface area contributed by atoms with Crippen LogP contribution in [0.15, 0.2) is 76.6 Å². The Balaban J connectivity index is 1.30. The lowest BCUT2D eigenvalue weighted by atomic mass is 10.00. The predicted molar refractivity (Wildman–Crippen MR) is 125 cm³/mol. The summed E-state index contributed by atoms with van der Waals surface area (Å²) in [7, 11) is 0. The van der Waals surface area contributed by atoms with Crippen molar-refractivity contribution >= 4 is 17.7 Å². The molecule has 1 saturated heterocycles.